The van der Waals surface area contributed by atoms with Crippen LogP contribution >= 0.6 is 11.3 Å². The van der Waals surface area contributed by atoms with Crippen molar-refractivity contribution in [3.63, 3.8) is 0 Å². The molecule has 0 amide bonds. The van der Waals surface area contributed by atoms with Gasteiger partial charge in [0.1, 0.15) is 0 Å². The highest BCUT2D eigenvalue weighted by atomic mass is 32.1. The fourth-order valence-corrected chi connectivity index (χ4v) is 2.43. The Morgan fingerprint density at radius 1 is 0.944 bits per heavy atom. The Morgan fingerprint density at radius 2 is 1.67 bits per heavy atom. The molecule has 0 aliphatic rings. The van der Waals surface area contributed by atoms with Gasteiger partial charge in [0.05, 0.1) is 11.1 Å². The Balaban J connectivity index is 2.35. The lowest BCUT2D eigenvalue weighted by Crippen LogP contribution is -2.09. The molecule has 3 nitrogen and oxygen atoms in total. The molecule has 1 heterocycles. The van der Waals surface area contributed by atoms with Gasteiger partial charge in [-0.2, -0.15) is 0 Å². The van der Waals surface area contributed by atoms with Crippen LogP contribution in [0.4, 0.5) is 5.69 Å². The van der Waals surface area contributed by atoms with Gasteiger partial charge >= 0.3 is 0 Å². The van der Waals surface area contributed by atoms with Crippen molar-refractivity contribution in [2.45, 2.75) is 0 Å². The summed E-state index contributed by atoms with van der Waals surface area (Å²) in [6.45, 7) is 0. The average molecular weight is 254 g/mol. The van der Waals surface area contributed by atoms with Crippen molar-refractivity contribution < 1.29 is 4.42 Å². The predicted octanol–water partition coefficient (Wildman–Crippen LogP) is 3.21. The molecule has 0 radical (unpaired) electrons. The maximum Gasteiger partial charge on any atom is 0.273 e. The third kappa shape index (κ3) is 2.10. The lowest BCUT2D eigenvalue weighted by Gasteiger charge is -1.96. The average Bonchev–Trinajstić information content (AvgIpc) is 2.40. The predicted molar refractivity (Wildman–Crippen MR) is 71.6 cm³/mol. The van der Waals surface area contributed by atoms with Crippen LogP contribution in [0.2, 0.25) is 0 Å². The van der Waals surface area contributed by atoms with E-state index >= 15 is 0 Å². The molecular weight excluding hydrogens is 244 g/mol. The van der Waals surface area contributed by atoms with Gasteiger partial charge in [0.2, 0.25) is 5.55 Å². The molecule has 1 N–H and O–H groups in total. The van der Waals surface area contributed by atoms with E-state index < -0.39 is 0 Å². The number of hydrogen-bond acceptors (Lipinski definition) is 4. The molecule has 1 aromatic heterocycles. The van der Waals surface area contributed by atoms with Crippen LogP contribution in [0.15, 0.2) is 64.0 Å². The zero-order chi connectivity index (χ0) is 12.4. The van der Waals surface area contributed by atoms with Crippen molar-refractivity contribution in [3.05, 3.63) is 65.0 Å². The number of nitrogens with zero attached hydrogens (tertiary/aromatic N) is 1. The maximum atomic E-state index is 7.68. The molecule has 0 spiro atoms. The van der Waals surface area contributed by atoms with E-state index in [-0.39, 0.29) is 4.87 Å². The van der Waals surface area contributed by atoms with Gasteiger partial charge in [0.15, 0.2) is 0 Å². The standard InChI is InChI=1S/C14H10N2OS/c15-14-17-13(16-10-6-2-1-3-7-10)11-8-4-5-9-12(11)18-14/h1-9,15H. The van der Waals surface area contributed by atoms with Crippen LogP contribution in [0, 0.1) is 5.41 Å². The molecule has 4 heteroatoms. The minimum Gasteiger partial charge on any atom is -0.411 e. The van der Waals surface area contributed by atoms with Crippen LogP contribution in [-0.2, 0) is 0 Å². The van der Waals surface area contributed by atoms with Crippen molar-refractivity contribution in [2.24, 2.45) is 4.99 Å². The van der Waals surface area contributed by atoms with Crippen LogP contribution in [0.1, 0.15) is 0 Å². The zero-order valence-electron chi connectivity index (χ0n) is 9.46. The third-order valence-electron chi connectivity index (χ3n) is 2.50. The van der Waals surface area contributed by atoms with E-state index in [1.165, 1.54) is 11.3 Å². The summed E-state index contributed by atoms with van der Waals surface area (Å²) < 4.78 is 6.42. The van der Waals surface area contributed by atoms with Crippen molar-refractivity contribution in [1.29, 1.82) is 5.41 Å². The fourth-order valence-electron chi connectivity index (χ4n) is 1.70. The van der Waals surface area contributed by atoms with E-state index in [9.17, 15) is 0 Å². The van der Waals surface area contributed by atoms with Gasteiger partial charge in [-0.3, -0.25) is 5.41 Å². The Hall–Kier alpha value is -2.20. The first-order valence-electron chi connectivity index (χ1n) is 5.50. The van der Waals surface area contributed by atoms with E-state index in [2.05, 4.69) is 4.99 Å². The Labute approximate surface area is 107 Å². The highest BCUT2D eigenvalue weighted by Crippen LogP contribution is 2.13. The summed E-state index contributed by atoms with van der Waals surface area (Å²) in [5, 5.41) is 8.61. The van der Waals surface area contributed by atoms with E-state index in [1.54, 1.807) is 0 Å². The molecule has 0 aliphatic heterocycles. The second kappa shape index (κ2) is 4.58. The van der Waals surface area contributed by atoms with Crippen LogP contribution in [0.25, 0.3) is 10.1 Å². The first kappa shape index (κ1) is 10.9. The first-order valence-corrected chi connectivity index (χ1v) is 6.32. The van der Waals surface area contributed by atoms with Crippen molar-refractivity contribution in [2.75, 3.05) is 0 Å². The lowest BCUT2D eigenvalue weighted by molar-refractivity contribution is 0.465. The summed E-state index contributed by atoms with van der Waals surface area (Å²) in [6.07, 6.45) is 0. The van der Waals surface area contributed by atoms with Crippen molar-refractivity contribution in [3.8, 4) is 0 Å². The number of benzene rings is 2. The minimum absolute atomic E-state index is 0.156. The Bertz CT molecular complexity index is 803. The highest BCUT2D eigenvalue weighted by Gasteiger charge is 1.99. The quantitative estimate of drug-likeness (QED) is 0.712. The third-order valence-corrected chi connectivity index (χ3v) is 3.34. The second-order valence-corrected chi connectivity index (χ2v) is 4.75. The number of rotatable bonds is 1. The lowest BCUT2D eigenvalue weighted by atomic mass is 10.3. The van der Waals surface area contributed by atoms with Crippen LogP contribution in [-0.4, -0.2) is 0 Å². The van der Waals surface area contributed by atoms with Crippen LogP contribution in [0.5, 0.6) is 0 Å². The smallest absolute Gasteiger partial charge is 0.273 e. The number of hydrogen-bond donors (Lipinski definition) is 1. The largest absolute Gasteiger partial charge is 0.411 e. The molecule has 3 aromatic rings. The van der Waals surface area contributed by atoms with E-state index in [1.807, 2.05) is 54.6 Å². The normalized spacial score (nSPS) is 11.9. The van der Waals surface area contributed by atoms with Gasteiger partial charge in [-0.05, 0) is 24.3 Å². The highest BCUT2D eigenvalue weighted by molar-refractivity contribution is 7.15. The molecule has 0 atom stereocenters. The summed E-state index contributed by atoms with van der Waals surface area (Å²) in [5.74, 6) is 0. The topological polar surface area (TPSA) is 49.4 Å². The molecule has 3 rings (SSSR count). The van der Waals surface area contributed by atoms with E-state index in [0.717, 1.165) is 15.8 Å². The summed E-state index contributed by atoms with van der Waals surface area (Å²) in [5.41, 5.74) is 1.31. The summed E-state index contributed by atoms with van der Waals surface area (Å²) >= 11 is 1.31. The molecule has 0 saturated carbocycles. The number of fused-ring (bicyclic) bond motifs is 1. The molecule has 2 aromatic carbocycles. The van der Waals surface area contributed by atoms with Gasteiger partial charge in [0.25, 0.3) is 4.87 Å². The van der Waals surface area contributed by atoms with Gasteiger partial charge in [-0.15, -0.1) is 0 Å². The second-order valence-electron chi connectivity index (χ2n) is 3.74. The van der Waals surface area contributed by atoms with Crippen molar-refractivity contribution >= 4 is 27.1 Å². The minimum atomic E-state index is 0.156. The van der Waals surface area contributed by atoms with Gasteiger partial charge in [0, 0.05) is 4.70 Å². The monoisotopic (exact) mass is 254 g/mol. The fraction of sp³-hybridized carbons (Fsp3) is 0. The molecule has 18 heavy (non-hydrogen) atoms. The maximum absolute atomic E-state index is 7.68. The summed E-state index contributed by atoms with van der Waals surface area (Å²) in [6, 6.07) is 17.4. The van der Waals surface area contributed by atoms with Crippen LogP contribution in [0.3, 0.4) is 0 Å². The molecule has 88 valence electrons. The van der Waals surface area contributed by atoms with E-state index in [0.29, 0.717) is 5.55 Å². The van der Waals surface area contributed by atoms with E-state index in [4.69, 9.17) is 9.83 Å². The van der Waals surface area contributed by atoms with Gasteiger partial charge in [-0.25, -0.2) is 4.99 Å². The molecule has 0 saturated heterocycles. The molecule has 0 unspecified atom stereocenters. The first-order chi connectivity index (χ1) is 8.83. The molecule has 0 fully saturated rings. The van der Waals surface area contributed by atoms with Gasteiger partial charge < -0.3 is 4.42 Å². The zero-order valence-corrected chi connectivity index (χ0v) is 10.3. The van der Waals surface area contributed by atoms with Crippen LogP contribution < -0.4 is 10.4 Å². The van der Waals surface area contributed by atoms with Gasteiger partial charge in [-0.1, -0.05) is 41.7 Å². The van der Waals surface area contributed by atoms with Crippen molar-refractivity contribution in [1.82, 2.24) is 0 Å². The SMILES string of the molecule is N=c1oc(=Nc2ccccc2)c2ccccc2s1. The Morgan fingerprint density at radius 3 is 2.50 bits per heavy atom. The molecule has 0 bridgehead atoms. The number of para-hydroxylation sites is 1. The number of nitrogens with one attached hydrogen (secondary N) is 1. The summed E-state index contributed by atoms with van der Waals surface area (Å²) in [4.78, 5) is 4.61. The molecular formula is C14H10N2OS. The molecule has 0 aliphatic carbocycles. The summed E-state index contributed by atoms with van der Waals surface area (Å²) in [7, 11) is 0. The Kier molecular flexibility index (Phi) is 2.78.